The van der Waals surface area contributed by atoms with E-state index in [1.807, 2.05) is 26.2 Å². The molecule has 0 bridgehead atoms. The first-order valence-electron chi connectivity index (χ1n) is 7.78. The zero-order valence-corrected chi connectivity index (χ0v) is 13.5. The van der Waals surface area contributed by atoms with Gasteiger partial charge in [0.2, 0.25) is 0 Å². The minimum atomic E-state index is 0.284. The molecule has 5 heteroatoms. The fourth-order valence-corrected chi connectivity index (χ4v) is 2.95. The zero-order valence-electron chi connectivity index (χ0n) is 13.5. The Hall–Kier alpha value is -1.72. The molecule has 0 radical (unpaired) electrons. The van der Waals surface area contributed by atoms with Crippen LogP contribution in [-0.4, -0.2) is 34.2 Å². The van der Waals surface area contributed by atoms with Gasteiger partial charge in [-0.15, -0.1) is 0 Å². The molecule has 0 amide bonds. The van der Waals surface area contributed by atoms with E-state index >= 15 is 0 Å². The van der Waals surface area contributed by atoms with Crippen molar-refractivity contribution in [2.75, 3.05) is 13.1 Å². The molecule has 0 aromatic carbocycles. The summed E-state index contributed by atoms with van der Waals surface area (Å²) < 4.78 is 11.2. The lowest BCUT2D eigenvalue weighted by Crippen LogP contribution is -2.23. The third-order valence-electron chi connectivity index (χ3n) is 4.21. The van der Waals surface area contributed by atoms with Gasteiger partial charge in [0.25, 0.3) is 0 Å². The summed E-state index contributed by atoms with van der Waals surface area (Å²) in [5.74, 6) is 0.859. The molecule has 1 fully saturated rings. The number of likely N-dealkylation sites (tertiary alicyclic amines) is 1. The maximum Gasteiger partial charge on any atom is 0.139 e. The Morgan fingerprint density at radius 1 is 1.32 bits per heavy atom. The molecule has 118 valence electrons. The fraction of sp³-hybridized carbons (Fsp3) is 0.529. The summed E-state index contributed by atoms with van der Waals surface area (Å²) in [6, 6.07) is 2.20. The number of nitrogens with zero attached hydrogens (tertiary/aromatic N) is 3. The van der Waals surface area contributed by atoms with Crippen molar-refractivity contribution in [2.24, 2.45) is 0 Å². The second kappa shape index (κ2) is 6.58. The first kappa shape index (κ1) is 15.2. The molecule has 0 saturated carbocycles. The summed E-state index contributed by atoms with van der Waals surface area (Å²) in [5, 5.41) is 3.97. The van der Waals surface area contributed by atoms with Gasteiger partial charge in [-0.2, -0.15) is 0 Å². The van der Waals surface area contributed by atoms with Crippen LogP contribution in [0.2, 0.25) is 0 Å². The second-order valence-corrected chi connectivity index (χ2v) is 6.13. The van der Waals surface area contributed by atoms with Crippen LogP contribution >= 0.6 is 0 Å². The van der Waals surface area contributed by atoms with E-state index in [4.69, 9.17) is 9.26 Å². The minimum absolute atomic E-state index is 0.284. The highest BCUT2D eigenvalue weighted by Gasteiger charge is 2.24. The number of aromatic nitrogens is 2. The number of ether oxygens (including phenoxy) is 1. The van der Waals surface area contributed by atoms with E-state index in [2.05, 4.69) is 28.0 Å². The summed E-state index contributed by atoms with van der Waals surface area (Å²) in [5.41, 5.74) is 4.49. The molecule has 1 aliphatic heterocycles. The van der Waals surface area contributed by atoms with E-state index in [1.165, 1.54) is 11.1 Å². The van der Waals surface area contributed by atoms with Gasteiger partial charge in [-0.25, -0.2) is 0 Å². The summed E-state index contributed by atoms with van der Waals surface area (Å²) in [7, 11) is 0. The second-order valence-electron chi connectivity index (χ2n) is 6.13. The van der Waals surface area contributed by atoms with Crippen LogP contribution < -0.4 is 0 Å². The Kier molecular flexibility index (Phi) is 4.55. The number of hydrogen-bond acceptors (Lipinski definition) is 5. The lowest BCUT2D eigenvalue weighted by molar-refractivity contribution is 0.0453. The Morgan fingerprint density at radius 3 is 2.91 bits per heavy atom. The van der Waals surface area contributed by atoms with Crippen molar-refractivity contribution < 1.29 is 9.26 Å². The number of hydrogen-bond donors (Lipinski definition) is 0. The van der Waals surface area contributed by atoms with E-state index in [9.17, 15) is 0 Å². The summed E-state index contributed by atoms with van der Waals surface area (Å²) in [6.07, 6.45) is 5.20. The van der Waals surface area contributed by atoms with Crippen molar-refractivity contribution >= 4 is 0 Å². The summed E-state index contributed by atoms with van der Waals surface area (Å²) >= 11 is 0. The van der Waals surface area contributed by atoms with Gasteiger partial charge >= 0.3 is 0 Å². The van der Waals surface area contributed by atoms with Gasteiger partial charge in [-0.1, -0.05) is 11.2 Å². The Labute approximate surface area is 131 Å². The molecular formula is C17H23N3O2. The molecule has 0 spiro atoms. The van der Waals surface area contributed by atoms with Crippen LogP contribution in [-0.2, 0) is 17.9 Å². The third kappa shape index (κ3) is 3.54. The Morgan fingerprint density at radius 2 is 2.18 bits per heavy atom. The van der Waals surface area contributed by atoms with Crippen LogP contribution in [0.15, 0.2) is 23.0 Å². The molecule has 2 aromatic rings. The lowest BCUT2D eigenvalue weighted by Gasteiger charge is -2.16. The molecule has 3 heterocycles. The van der Waals surface area contributed by atoms with Gasteiger partial charge in [0, 0.05) is 37.6 Å². The normalized spacial score (nSPS) is 19.0. The molecule has 1 aliphatic rings. The van der Waals surface area contributed by atoms with E-state index in [0.717, 1.165) is 43.1 Å². The maximum absolute atomic E-state index is 6.04. The average Bonchev–Trinajstić information content (AvgIpc) is 3.05. The van der Waals surface area contributed by atoms with Gasteiger partial charge in [-0.05, 0) is 38.3 Å². The molecule has 2 aromatic heterocycles. The molecule has 1 atom stereocenters. The van der Waals surface area contributed by atoms with Crippen molar-refractivity contribution in [1.82, 2.24) is 15.0 Å². The fourth-order valence-electron chi connectivity index (χ4n) is 2.95. The lowest BCUT2D eigenvalue weighted by atomic mass is 10.2. The molecule has 0 N–H and O–H groups in total. The molecule has 0 aliphatic carbocycles. The minimum Gasteiger partial charge on any atom is -0.372 e. The van der Waals surface area contributed by atoms with Gasteiger partial charge in [0.05, 0.1) is 18.4 Å². The topological polar surface area (TPSA) is 51.4 Å². The van der Waals surface area contributed by atoms with Crippen LogP contribution in [0.3, 0.4) is 0 Å². The van der Waals surface area contributed by atoms with Gasteiger partial charge in [0.1, 0.15) is 5.76 Å². The zero-order chi connectivity index (χ0) is 15.5. The van der Waals surface area contributed by atoms with Crippen LogP contribution in [0.25, 0.3) is 0 Å². The first-order valence-corrected chi connectivity index (χ1v) is 7.78. The smallest absolute Gasteiger partial charge is 0.139 e. The van der Waals surface area contributed by atoms with Crippen LogP contribution in [0.4, 0.5) is 0 Å². The van der Waals surface area contributed by atoms with Crippen molar-refractivity contribution in [3.63, 3.8) is 0 Å². The van der Waals surface area contributed by atoms with E-state index < -0.39 is 0 Å². The standard InChI is InChI=1S/C17H23N3O2/c1-12-6-15(8-18-7-12)9-20-5-4-16(10-20)21-11-17-13(2)19-22-14(17)3/h6-8,16H,4-5,9-11H2,1-3H3/t16-/m0/s1. The molecule has 22 heavy (non-hydrogen) atoms. The Balaban J connectivity index is 1.50. The van der Waals surface area contributed by atoms with Crippen LogP contribution in [0.1, 0.15) is 34.6 Å². The predicted molar refractivity (Wildman–Crippen MR) is 83.4 cm³/mol. The van der Waals surface area contributed by atoms with Crippen molar-refractivity contribution in [3.8, 4) is 0 Å². The third-order valence-corrected chi connectivity index (χ3v) is 4.21. The highest BCUT2D eigenvalue weighted by Crippen LogP contribution is 2.19. The number of aryl methyl sites for hydroxylation is 3. The van der Waals surface area contributed by atoms with Gasteiger partial charge < -0.3 is 9.26 Å². The highest BCUT2D eigenvalue weighted by atomic mass is 16.5. The number of pyridine rings is 1. The predicted octanol–water partition coefficient (Wildman–Crippen LogP) is 2.79. The largest absolute Gasteiger partial charge is 0.372 e. The van der Waals surface area contributed by atoms with E-state index in [-0.39, 0.29) is 6.10 Å². The first-order chi connectivity index (χ1) is 10.6. The van der Waals surface area contributed by atoms with Crippen LogP contribution in [0.5, 0.6) is 0 Å². The molecule has 3 rings (SSSR count). The van der Waals surface area contributed by atoms with Gasteiger partial charge in [-0.3, -0.25) is 9.88 Å². The van der Waals surface area contributed by atoms with E-state index in [1.54, 1.807) is 0 Å². The Bertz CT molecular complexity index is 619. The van der Waals surface area contributed by atoms with Crippen LogP contribution in [0, 0.1) is 20.8 Å². The highest BCUT2D eigenvalue weighted by molar-refractivity contribution is 5.19. The molecule has 1 saturated heterocycles. The summed E-state index contributed by atoms with van der Waals surface area (Å²) in [6.45, 7) is 9.55. The van der Waals surface area contributed by atoms with Crippen molar-refractivity contribution in [2.45, 2.75) is 46.4 Å². The van der Waals surface area contributed by atoms with E-state index in [0.29, 0.717) is 6.61 Å². The molecule has 5 nitrogen and oxygen atoms in total. The average molecular weight is 301 g/mol. The monoisotopic (exact) mass is 301 g/mol. The van der Waals surface area contributed by atoms with Crippen molar-refractivity contribution in [1.29, 1.82) is 0 Å². The quantitative estimate of drug-likeness (QED) is 0.850. The number of rotatable bonds is 5. The molecule has 0 unspecified atom stereocenters. The van der Waals surface area contributed by atoms with Gasteiger partial charge in [0.15, 0.2) is 0 Å². The van der Waals surface area contributed by atoms with Crippen molar-refractivity contribution in [3.05, 3.63) is 46.6 Å². The molecular weight excluding hydrogens is 278 g/mol. The summed E-state index contributed by atoms with van der Waals surface area (Å²) in [4.78, 5) is 6.68. The SMILES string of the molecule is Cc1cncc(CN2CC[C@H](OCc3c(C)noc3C)C2)c1. The maximum atomic E-state index is 6.04.